The fourth-order valence-corrected chi connectivity index (χ4v) is 6.77. The van der Waals surface area contributed by atoms with Crippen LogP contribution < -0.4 is 5.48 Å². The van der Waals surface area contributed by atoms with Crippen LogP contribution in [0.3, 0.4) is 0 Å². The fourth-order valence-electron chi connectivity index (χ4n) is 4.82. The number of hydrogen-bond donors (Lipinski definition) is 2. The molecule has 0 spiro atoms. The van der Waals surface area contributed by atoms with Crippen LogP contribution in [0, 0.1) is 0 Å². The number of likely N-dealkylation sites (tertiary alicyclic amines) is 1. The topological polar surface area (TPSA) is 86.7 Å². The van der Waals surface area contributed by atoms with Crippen molar-refractivity contribution in [3.8, 4) is 11.1 Å². The van der Waals surface area contributed by atoms with Crippen molar-refractivity contribution in [2.75, 3.05) is 13.1 Å². The van der Waals surface area contributed by atoms with Crippen molar-refractivity contribution in [2.45, 2.75) is 66.8 Å². The Morgan fingerprint density at radius 2 is 1.54 bits per heavy atom. The lowest BCUT2D eigenvalue weighted by Gasteiger charge is -2.39. The van der Waals surface area contributed by atoms with Crippen molar-refractivity contribution >= 4 is 15.7 Å². The Labute approximate surface area is 203 Å². The number of piperidine rings is 1. The molecule has 1 saturated heterocycles. The molecule has 2 aromatic carbocycles. The summed E-state index contributed by atoms with van der Waals surface area (Å²) < 4.78 is 62.5. The molecule has 2 fully saturated rings. The number of sulfone groups is 1. The molecule has 2 N–H and O–H groups in total. The van der Waals surface area contributed by atoms with Gasteiger partial charge in [-0.2, -0.15) is 13.2 Å². The number of nitrogens with one attached hydrogen (secondary N) is 1. The summed E-state index contributed by atoms with van der Waals surface area (Å²) in [4.78, 5) is 14.8. The maximum absolute atomic E-state index is 13.6. The summed E-state index contributed by atoms with van der Waals surface area (Å²) in [5, 5.41) is 9.33. The van der Waals surface area contributed by atoms with Crippen LogP contribution in [-0.2, 0) is 21.1 Å². The fraction of sp³-hybridized carbons (Fsp3) is 0.480. The van der Waals surface area contributed by atoms with Crippen molar-refractivity contribution < 1.29 is 31.6 Å². The molecule has 4 rings (SSSR count). The molecule has 10 heteroatoms. The van der Waals surface area contributed by atoms with Gasteiger partial charge in [0.1, 0.15) is 0 Å². The highest BCUT2D eigenvalue weighted by atomic mass is 32.2. The van der Waals surface area contributed by atoms with Crippen LogP contribution in [0.1, 0.15) is 44.1 Å². The summed E-state index contributed by atoms with van der Waals surface area (Å²) >= 11 is 0. The summed E-state index contributed by atoms with van der Waals surface area (Å²) in [6, 6.07) is 13.8. The van der Waals surface area contributed by atoms with Gasteiger partial charge in [0.05, 0.1) is 4.90 Å². The number of aryl methyl sites for hydroxylation is 1. The zero-order valence-electron chi connectivity index (χ0n) is 19.2. The first-order chi connectivity index (χ1) is 16.6. The first kappa shape index (κ1) is 25.7. The molecule has 35 heavy (non-hydrogen) atoms. The molecule has 1 aliphatic carbocycles. The predicted octanol–water partition coefficient (Wildman–Crippen LogP) is 4.51. The van der Waals surface area contributed by atoms with Crippen LogP contribution >= 0.6 is 0 Å². The normalized spacial score (nSPS) is 18.9. The second-order valence-corrected chi connectivity index (χ2v) is 11.7. The highest BCUT2D eigenvalue weighted by Crippen LogP contribution is 2.39. The average molecular weight is 511 g/mol. The van der Waals surface area contributed by atoms with E-state index in [4.69, 9.17) is 0 Å². The lowest BCUT2D eigenvalue weighted by Crippen LogP contribution is -2.58. The Bertz CT molecular complexity index is 1140. The molecule has 0 unspecified atom stereocenters. The monoisotopic (exact) mass is 510 g/mol. The predicted molar refractivity (Wildman–Crippen MR) is 125 cm³/mol. The van der Waals surface area contributed by atoms with E-state index in [1.54, 1.807) is 41.9 Å². The third-order valence-corrected chi connectivity index (χ3v) is 9.59. The molecular weight excluding hydrogens is 481 g/mol. The number of benzene rings is 2. The van der Waals surface area contributed by atoms with E-state index in [0.29, 0.717) is 25.6 Å². The van der Waals surface area contributed by atoms with Gasteiger partial charge in [0.25, 0.3) is 5.91 Å². The molecule has 1 heterocycles. The van der Waals surface area contributed by atoms with Gasteiger partial charge in [-0.1, -0.05) is 36.4 Å². The van der Waals surface area contributed by atoms with E-state index in [9.17, 15) is 31.6 Å². The first-order valence-electron chi connectivity index (χ1n) is 11.8. The Kier molecular flexibility index (Phi) is 7.26. The van der Waals surface area contributed by atoms with Gasteiger partial charge in [-0.05, 0) is 67.3 Å². The van der Waals surface area contributed by atoms with Crippen molar-refractivity contribution in [3.63, 3.8) is 0 Å². The van der Waals surface area contributed by atoms with Gasteiger partial charge in [0, 0.05) is 25.6 Å². The van der Waals surface area contributed by atoms with E-state index in [1.165, 1.54) is 12.1 Å². The van der Waals surface area contributed by atoms with Crippen LogP contribution in [0.25, 0.3) is 11.1 Å². The zero-order chi connectivity index (χ0) is 25.3. The second-order valence-electron chi connectivity index (χ2n) is 9.40. The molecule has 2 aliphatic rings. The Morgan fingerprint density at radius 3 is 2.03 bits per heavy atom. The highest BCUT2D eigenvalue weighted by Gasteiger charge is 2.53. The molecule has 0 bridgehead atoms. The number of halogens is 3. The molecule has 1 aliphatic heterocycles. The van der Waals surface area contributed by atoms with Gasteiger partial charge in [-0.25, -0.2) is 13.9 Å². The quantitative estimate of drug-likeness (QED) is 0.403. The van der Waals surface area contributed by atoms with Crippen LogP contribution in [0.5, 0.6) is 0 Å². The highest BCUT2D eigenvalue weighted by molar-refractivity contribution is 7.93. The summed E-state index contributed by atoms with van der Waals surface area (Å²) in [6.45, 7) is 0.954. The van der Waals surface area contributed by atoms with Gasteiger partial charge >= 0.3 is 6.18 Å². The maximum Gasteiger partial charge on any atom is 0.389 e. The SMILES string of the molecule is O=C(NO)C1(S(=O)(=O)c2ccc(-c3ccc(CCCC(F)(F)F)cc3)cc2)CCN(C2CC2)CC1. The molecule has 0 atom stereocenters. The van der Waals surface area contributed by atoms with Crippen LogP contribution in [-0.4, -0.2) is 54.5 Å². The van der Waals surface area contributed by atoms with Crippen molar-refractivity contribution in [1.82, 2.24) is 10.4 Å². The van der Waals surface area contributed by atoms with Crippen LogP contribution in [0.2, 0.25) is 0 Å². The average Bonchev–Trinajstić information content (AvgIpc) is 3.69. The molecular formula is C25H29F3N2O4S. The minimum Gasteiger partial charge on any atom is -0.300 e. The third-order valence-electron chi connectivity index (χ3n) is 7.08. The number of carbonyl (C=O) groups is 1. The lowest BCUT2D eigenvalue weighted by atomic mass is 9.94. The number of amides is 1. The standard InChI is InChI=1S/C25H29F3N2O4S/c26-25(27,28)13-1-2-18-3-5-19(6-4-18)20-7-11-22(12-8-20)35(33,34)24(23(31)29-32)14-16-30(17-15-24)21-9-10-21/h3-8,11-12,21,32H,1-2,9-10,13-17H2,(H,29,31). The summed E-state index contributed by atoms with van der Waals surface area (Å²) in [7, 11) is -4.08. The Morgan fingerprint density at radius 1 is 1.00 bits per heavy atom. The van der Waals surface area contributed by atoms with Crippen LogP contribution in [0.4, 0.5) is 13.2 Å². The summed E-state index contributed by atoms with van der Waals surface area (Å²) in [5.41, 5.74) is 3.92. The van der Waals surface area contributed by atoms with Crippen molar-refractivity contribution in [2.24, 2.45) is 0 Å². The molecule has 1 saturated carbocycles. The van der Waals surface area contributed by atoms with Gasteiger partial charge in [-0.3, -0.25) is 10.0 Å². The molecule has 0 aromatic heterocycles. The van der Waals surface area contributed by atoms with Crippen LogP contribution in [0.15, 0.2) is 53.4 Å². The first-order valence-corrected chi connectivity index (χ1v) is 13.2. The molecule has 2 aromatic rings. The van der Waals surface area contributed by atoms with E-state index in [0.717, 1.165) is 29.5 Å². The Hall–Kier alpha value is -2.43. The second kappa shape index (κ2) is 9.91. The number of hydrogen-bond acceptors (Lipinski definition) is 5. The largest absolute Gasteiger partial charge is 0.389 e. The number of hydroxylamine groups is 1. The summed E-state index contributed by atoms with van der Waals surface area (Å²) in [6.07, 6.45) is -2.25. The van der Waals surface area contributed by atoms with E-state index < -0.39 is 33.1 Å². The minimum atomic E-state index is -4.16. The molecule has 190 valence electrons. The molecule has 1 amide bonds. The van der Waals surface area contributed by atoms with E-state index >= 15 is 0 Å². The Balaban J connectivity index is 1.49. The minimum absolute atomic E-state index is 0.00786. The van der Waals surface area contributed by atoms with Crippen molar-refractivity contribution in [3.05, 3.63) is 54.1 Å². The van der Waals surface area contributed by atoms with E-state index in [1.807, 2.05) is 0 Å². The number of rotatable bonds is 8. The van der Waals surface area contributed by atoms with Gasteiger partial charge < -0.3 is 4.90 Å². The molecule has 6 nitrogen and oxygen atoms in total. The van der Waals surface area contributed by atoms with E-state index in [-0.39, 0.29) is 24.2 Å². The van der Waals surface area contributed by atoms with E-state index in [2.05, 4.69) is 4.90 Å². The number of nitrogens with zero attached hydrogens (tertiary/aromatic N) is 1. The van der Waals surface area contributed by atoms with Gasteiger partial charge in [-0.15, -0.1) is 0 Å². The third kappa shape index (κ3) is 5.54. The lowest BCUT2D eigenvalue weighted by molar-refractivity contribution is -0.135. The zero-order valence-corrected chi connectivity index (χ0v) is 20.0. The summed E-state index contributed by atoms with van der Waals surface area (Å²) in [5.74, 6) is -0.905. The van der Waals surface area contributed by atoms with Crippen molar-refractivity contribution in [1.29, 1.82) is 0 Å². The maximum atomic E-state index is 13.6. The molecule has 0 radical (unpaired) electrons. The number of carbonyl (C=O) groups excluding carboxylic acids is 1. The smallest absolute Gasteiger partial charge is 0.300 e. The number of alkyl halides is 3. The van der Waals surface area contributed by atoms with Gasteiger partial charge in [0.2, 0.25) is 0 Å². The van der Waals surface area contributed by atoms with Gasteiger partial charge in [0.15, 0.2) is 14.6 Å².